The number of benzene rings is 2. The molecule has 2 aromatic rings. The first-order chi connectivity index (χ1) is 13.5. The maximum Gasteiger partial charge on any atom is 0.270 e. The molecule has 0 heterocycles. The Bertz CT molecular complexity index is 762. The zero-order valence-electron chi connectivity index (χ0n) is 16.7. The van der Waals surface area contributed by atoms with Crippen molar-refractivity contribution < 1.29 is 17.9 Å². The van der Waals surface area contributed by atoms with Crippen LogP contribution in [0.15, 0.2) is 36.4 Å². The molecule has 1 nitrogen and oxygen atoms in total. The van der Waals surface area contributed by atoms with E-state index in [0.717, 1.165) is 5.92 Å². The largest absolute Gasteiger partial charge is 0.493 e. The molecule has 1 fully saturated rings. The van der Waals surface area contributed by atoms with Crippen LogP contribution >= 0.6 is 0 Å². The molecule has 4 heteroatoms. The molecule has 0 aromatic heterocycles. The Morgan fingerprint density at radius 1 is 0.964 bits per heavy atom. The predicted octanol–water partition coefficient (Wildman–Crippen LogP) is 7.90. The fourth-order valence-corrected chi connectivity index (χ4v) is 4.41. The van der Waals surface area contributed by atoms with Crippen LogP contribution in [0.2, 0.25) is 0 Å². The zero-order valence-corrected chi connectivity index (χ0v) is 16.7. The third-order valence-corrected chi connectivity index (χ3v) is 5.89. The van der Waals surface area contributed by atoms with Gasteiger partial charge in [-0.25, -0.2) is 13.2 Å². The van der Waals surface area contributed by atoms with Crippen LogP contribution in [0.1, 0.15) is 75.8 Å². The highest BCUT2D eigenvalue weighted by Crippen LogP contribution is 2.40. The minimum Gasteiger partial charge on any atom is -0.493 e. The Balaban J connectivity index is 1.79. The number of hydrogen-bond acceptors (Lipinski definition) is 1. The van der Waals surface area contributed by atoms with E-state index in [1.54, 1.807) is 6.92 Å². The Morgan fingerprint density at radius 2 is 1.64 bits per heavy atom. The van der Waals surface area contributed by atoms with Crippen molar-refractivity contribution in [3.8, 4) is 16.9 Å². The molecule has 3 rings (SSSR count). The van der Waals surface area contributed by atoms with Crippen LogP contribution < -0.4 is 4.74 Å². The Kier molecular flexibility index (Phi) is 7.03. The van der Waals surface area contributed by atoms with Gasteiger partial charge in [0.2, 0.25) is 0 Å². The molecule has 1 saturated carbocycles. The zero-order chi connectivity index (χ0) is 20.1. The average molecular weight is 390 g/mol. The molecule has 28 heavy (non-hydrogen) atoms. The van der Waals surface area contributed by atoms with Crippen molar-refractivity contribution in [2.45, 2.75) is 64.7 Å². The summed E-state index contributed by atoms with van der Waals surface area (Å²) in [5.74, 6) is 0.420. The van der Waals surface area contributed by atoms with Gasteiger partial charge >= 0.3 is 0 Å². The van der Waals surface area contributed by atoms with Gasteiger partial charge in [0.25, 0.3) is 6.43 Å². The molecule has 0 bridgehead atoms. The van der Waals surface area contributed by atoms with E-state index in [-0.39, 0.29) is 17.9 Å². The molecule has 0 saturated heterocycles. The second-order valence-electron chi connectivity index (χ2n) is 7.70. The van der Waals surface area contributed by atoms with Gasteiger partial charge in [-0.3, -0.25) is 0 Å². The lowest BCUT2D eigenvalue weighted by Crippen LogP contribution is -2.13. The van der Waals surface area contributed by atoms with Crippen molar-refractivity contribution in [3.05, 3.63) is 53.3 Å². The first kappa shape index (κ1) is 20.8. The van der Waals surface area contributed by atoms with Crippen molar-refractivity contribution in [2.24, 2.45) is 5.92 Å². The van der Waals surface area contributed by atoms with Crippen molar-refractivity contribution in [1.29, 1.82) is 0 Å². The predicted molar refractivity (Wildman–Crippen MR) is 108 cm³/mol. The summed E-state index contributed by atoms with van der Waals surface area (Å²) in [5.41, 5.74) is 1.42. The summed E-state index contributed by atoms with van der Waals surface area (Å²) in [6, 6.07) is 10.7. The molecule has 0 atom stereocenters. The Morgan fingerprint density at radius 3 is 2.21 bits per heavy atom. The third kappa shape index (κ3) is 4.53. The van der Waals surface area contributed by atoms with Crippen LogP contribution in [0.3, 0.4) is 0 Å². The number of alkyl halides is 2. The Hall–Kier alpha value is -1.97. The highest BCUT2D eigenvalue weighted by molar-refractivity contribution is 5.67. The van der Waals surface area contributed by atoms with Gasteiger partial charge in [-0.2, -0.15) is 0 Å². The first-order valence-electron chi connectivity index (χ1n) is 10.4. The van der Waals surface area contributed by atoms with E-state index in [1.165, 1.54) is 56.2 Å². The number of hydrogen-bond donors (Lipinski definition) is 0. The van der Waals surface area contributed by atoms with Gasteiger partial charge in [-0.15, -0.1) is 0 Å². The maximum atomic E-state index is 14.8. The van der Waals surface area contributed by atoms with Crippen molar-refractivity contribution in [1.82, 2.24) is 0 Å². The van der Waals surface area contributed by atoms with E-state index in [4.69, 9.17) is 4.74 Å². The van der Waals surface area contributed by atoms with Crippen molar-refractivity contribution in [3.63, 3.8) is 0 Å². The van der Waals surface area contributed by atoms with Gasteiger partial charge < -0.3 is 4.74 Å². The second-order valence-corrected chi connectivity index (χ2v) is 7.70. The van der Waals surface area contributed by atoms with Gasteiger partial charge in [-0.05, 0) is 67.7 Å². The highest BCUT2D eigenvalue weighted by Gasteiger charge is 2.24. The summed E-state index contributed by atoms with van der Waals surface area (Å²) in [6.45, 7) is 4.15. The molecular formula is C24H29F3O. The normalized spacial score (nSPS) is 19.8. The fraction of sp³-hybridized carbons (Fsp3) is 0.500. The van der Waals surface area contributed by atoms with E-state index >= 15 is 0 Å². The molecule has 0 amide bonds. The van der Waals surface area contributed by atoms with Gasteiger partial charge in [0, 0.05) is 5.56 Å². The van der Waals surface area contributed by atoms with E-state index < -0.39 is 17.8 Å². The van der Waals surface area contributed by atoms with Gasteiger partial charge in [0.1, 0.15) is 11.6 Å². The molecular weight excluding hydrogens is 361 g/mol. The second kappa shape index (κ2) is 9.49. The molecule has 2 aromatic carbocycles. The van der Waals surface area contributed by atoms with Crippen LogP contribution in [0, 0.1) is 11.7 Å². The smallest absolute Gasteiger partial charge is 0.270 e. The third-order valence-electron chi connectivity index (χ3n) is 5.89. The Labute approximate surface area is 165 Å². The SMILES string of the molecule is CCCC1CCC(c2ccc(-c3ccc(OCC)c(C(F)F)c3F)cc2)CC1. The van der Waals surface area contributed by atoms with Crippen molar-refractivity contribution in [2.75, 3.05) is 6.61 Å². The molecule has 0 spiro atoms. The molecule has 0 aliphatic heterocycles. The molecule has 0 radical (unpaired) electrons. The summed E-state index contributed by atoms with van der Waals surface area (Å²) in [5, 5.41) is 0. The summed E-state index contributed by atoms with van der Waals surface area (Å²) < 4.78 is 46.7. The summed E-state index contributed by atoms with van der Waals surface area (Å²) in [4.78, 5) is 0. The monoisotopic (exact) mass is 390 g/mol. The van der Waals surface area contributed by atoms with E-state index in [0.29, 0.717) is 11.5 Å². The standard InChI is InChI=1S/C24H29F3O/c1-3-5-16-6-8-17(9-7-16)18-10-12-19(13-11-18)20-14-15-21(28-4-2)22(23(20)25)24(26)27/h10-17,24H,3-9H2,1-2H3. The van der Waals surface area contributed by atoms with Crippen molar-refractivity contribution >= 4 is 0 Å². The van der Waals surface area contributed by atoms with Crippen LogP contribution in [-0.4, -0.2) is 6.61 Å². The van der Waals surface area contributed by atoms with Crippen LogP contribution in [0.5, 0.6) is 5.75 Å². The van der Waals surface area contributed by atoms with Gasteiger partial charge in [0.05, 0.1) is 12.2 Å². The summed E-state index contributed by atoms with van der Waals surface area (Å²) >= 11 is 0. The topological polar surface area (TPSA) is 9.23 Å². The lowest BCUT2D eigenvalue weighted by molar-refractivity contribution is 0.140. The number of ether oxygens (including phenoxy) is 1. The molecule has 0 N–H and O–H groups in total. The molecule has 1 aliphatic rings. The van der Waals surface area contributed by atoms with E-state index in [1.807, 2.05) is 24.3 Å². The quantitative estimate of drug-likeness (QED) is 0.467. The van der Waals surface area contributed by atoms with Gasteiger partial charge in [0.15, 0.2) is 0 Å². The van der Waals surface area contributed by atoms with Crippen LogP contribution in [0.4, 0.5) is 13.2 Å². The lowest BCUT2D eigenvalue weighted by atomic mass is 9.77. The molecule has 152 valence electrons. The molecule has 1 aliphatic carbocycles. The summed E-state index contributed by atoms with van der Waals surface area (Å²) in [7, 11) is 0. The van der Waals surface area contributed by atoms with E-state index in [2.05, 4.69) is 6.92 Å². The highest BCUT2D eigenvalue weighted by atomic mass is 19.3. The minimum absolute atomic E-state index is 0.0841. The number of halogens is 3. The molecule has 0 unspecified atom stereocenters. The van der Waals surface area contributed by atoms with Crippen LogP contribution in [0.25, 0.3) is 11.1 Å². The number of rotatable bonds is 7. The average Bonchev–Trinajstić information content (AvgIpc) is 2.69. The first-order valence-corrected chi connectivity index (χ1v) is 10.4. The fourth-order valence-electron chi connectivity index (χ4n) is 4.41. The lowest BCUT2D eigenvalue weighted by Gasteiger charge is -2.28. The minimum atomic E-state index is -2.92. The van der Waals surface area contributed by atoms with Crippen LogP contribution in [-0.2, 0) is 0 Å². The summed E-state index contributed by atoms with van der Waals surface area (Å²) in [6.07, 6.45) is 4.57. The van der Waals surface area contributed by atoms with Gasteiger partial charge in [-0.1, -0.05) is 44.0 Å². The van der Waals surface area contributed by atoms with E-state index in [9.17, 15) is 13.2 Å². The maximum absolute atomic E-state index is 14.8.